The summed E-state index contributed by atoms with van der Waals surface area (Å²) in [4.78, 5) is 10.7. The molecule has 2 heteroatoms. The van der Waals surface area contributed by atoms with Crippen LogP contribution in [0.1, 0.15) is 97.3 Å². The second-order valence-electron chi connectivity index (χ2n) is 6.61. The number of allylic oxidation sites excluding steroid dienone is 4. The van der Waals surface area contributed by atoms with Crippen molar-refractivity contribution < 1.29 is 9.90 Å². The Morgan fingerprint density at radius 2 is 1.35 bits per heavy atom. The van der Waals surface area contributed by atoms with Crippen molar-refractivity contribution in [3.05, 3.63) is 24.3 Å². The molecule has 0 heterocycles. The van der Waals surface area contributed by atoms with Gasteiger partial charge in [-0.15, -0.1) is 0 Å². The first-order chi connectivity index (χ1) is 11.2. The third-order valence-electron chi connectivity index (χ3n) is 4.27. The summed E-state index contributed by atoms with van der Waals surface area (Å²) in [5.41, 5.74) is 0. The van der Waals surface area contributed by atoms with Crippen LogP contribution in [0.25, 0.3) is 0 Å². The summed E-state index contributed by atoms with van der Waals surface area (Å²) in [6.45, 7) is 4.03. The van der Waals surface area contributed by atoms with Crippen molar-refractivity contribution >= 4 is 5.97 Å². The predicted octanol–water partition coefficient (Wildman–Crippen LogP) is 6.91. The van der Waals surface area contributed by atoms with Gasteiger partial charge in [-0.1, -0.05) is 89.5 Å². The number of carboxylic acid groups (broad SMARTS) is 1. The van der Waals surface area contributed by atoms with E-state index in [2.05, 4.69) is 31.2 Å². The Bertz CT molecular complexity index is 318. The maximum absolute atomic E-state index is 10.7. The Morgan fingerprint density at radius 1 is 0.826 bits per heavy atom. The van der Waals surface area contributed by atoms with Crippen LogP contribution in [0.3, 0.4) is 0 Å². The van der Waals surface area contributed by atoms with Crippen molar-refractivity contribution in [2.75, 3.05) is 0 Å². The van der Waals surface area contributed by atoms with Crippen LogP contribution in [-0.2, 0) is 4.79 Å². The second-order valence-corrected chi connectivity index (χ2v) is 6.61. The van der Waals surface area contributed by atoms with E-state index in [1.165, 1.54) is 64.2 Å². The predicted molar refractivity (Wildman–Crippen MR) is 101 cm³/mol. The van der Waals surface area contributed by atoms with Crippen molar-refractivity contribution in [1.29, 1.82) is 0 Å². The van der Waals surface area contributed by atoms with E-state index in [1.807, 2.05) is 0 Å². The smallest absolute Gasteiger partial charge is 0.306 e. The lowest BCUT2D eigenvalue weighted by Gasteiger charge is -2.01. The molecule has 0 aromatic rings. The molecule has 0 aliphatic heterocycles. The van der Waals surface area contributed by atoms with Crippen molar-refractivity contribution in [3.8, 4) is 0 Å². The number of carbonyl (C=O) groups is 1. The Hall–Kier alpha value is -1.05. The molecule has 0 aliphatic carbocycles. The summed E-state index contributed by atoms with van der Waals surface area (Å²) in [5, 5.41) is 8.77. The van der Waals surface area contributed by atoms with E-state index in [9.17, 15) is 4.79 Å². The van der Waals surface area contributed by atoms with E-state index < -0.39 is 5.97 Å². The average Bonchev–Trinajstić information content (AvgIpc) is 2.54. The largest absolute Gasteiger partial charge is 0.481 e. The maximum Gasteiger partial charge on any atom is 0.306 e. The number of rotatable bonds is 16. The zero-order chi connectivity index (χ0) is 17.2. The van der Waals surface area contributed by atoms with Crippen LogP contribution in [-0.4, -0.2) is 11.1 Å². The number of aliphatic carboxylic acids is 1. The van der Waals surface area contributed by atoms with E-state index in [0.29, 0.717) is 0 Å². The zero-order valence-electron chi connectivity index (χ0n) is 15.4. The highest BCUT2D eigenvalue weighted by Gasteiger charge is 2.08. The molecular formula is C21H38O2. The SMILES string of the molecule is CCCCCCCCCCCC=CCC=CCCC(C)C(=O)O. The van der Waals surface area contributed by atoms with Gasteiger partial charge in [0.15, 0.2) is 0 Å². The molecule has 0 saturated carbocycles. The van der Waals surface area contributed by atoms with Gasteiger partial charge in [0.25, 0.3) is 0 Å². The molecule has 0 rings (SSSR count). The van der Waals surface area contributed by atoms with Gasteiger partial charge in [0.2, 0.25) is 0 Å². The molecule has 1 N–H and O–H groups in total. The molecule has 0 saturated heterocycles. The average molecular weight is 323 g/mol. The molecule has 2 nitrogen and oxygen atoms in total. The van der Waals surface area contributed by atoms with Gasteiger partial charge in [0.1, 0.15) is 0 Å². The molecule has 134 valence electrons. The summed E-state index contributed by atoms with van der Waals surface area (Å²) < 4.78 is 0. The van der Waals surface area contributed by atoms with E-state index in [4.69, 9.17) is 5.11 Å². The molecular weight excluding hydrogens is 284 g/mol. The van der Waals surface area contributed by atoms with E-state index in [-0.39, 0.29) is 5.92 Å². The van der Waals surface area contributed by atoms with Gasteiger partial charge in [-0.2, -0.15) is 0 Å². The van der Waals surface area contributed by atoms with Gasteiger partial charge in [-0.3, -0.25) is 4.79 Å². The number of unbranched alkanes of at least 4 members (excludes halogenated alkanes) is 9. The van der Waals surface area contributed by atoms with Crippen molar-refractivity contribution in [3.63, 3.8) is 0 Å². The molecule has 0 aromatic heterocycles. The summed E-state index contributed by atoms with van der Waals surface area (Å²) in [6, 6.07) is 0. The topological polar surface area (TPSA) is 37.3 Å². The van der Waals surface area contributed by atoms with Crippen LogP contribution in [0.15, 0.2) is 24.3 Å². The molecule has 0 spiro atoms. The highest BCUT2D eigenvalue weighted by molar-refractivity contribution is 5.69. The first-order valence-corrected chi connectivity index (χ1v) is 9.71. The van der Waals surface area contributed by atoms with Crippen LogP contribution in [0.5, 0.6) is 0 Å². The van der Waals surface area contributed by atoms with Gasteiger partial charge in [0, 0.05) is 0 Å². The fourth-order valence-electron chi connectivity index (χ4n) is 2.55. The summed E-state index contributed by atoms with van der Waals surface area (Å²) in [5.74, 6) is -0.930. The molecule has 0 aromatic carbocycles. The number of hydrogen-bond donors (Lipinski definition) is 1. The third-order valence-corrected chi connectivity index (χ3v) is 4.27. The quantitative estimate of drug-likeness (QED) is 0.247. The monoisotopic (exact) mass is 322 g/mol. The maximum atomic E-state index is 10.7. The van der Waals surface area contributed by atoms with Crippen molar-refractivity contribution in [2.24, 2.45) is 5.92 Å². The highest BCUT2D eigenvalue weighted by Crippen LogP contribution is 2.11. The van der Waals surface area contributed by atoms with Crippen LogP contribution in [0.2, 0.25) is 0 Å². The Kier molecular flexibility index (Phi) is 16.5. The second kappa shape index (κ2) is 17.3. The third kappa shape index (κ3) is 17.1. The minimum Gasteiger partial charge on any atom is -0.481 e. The molecule has 0 amide bonds. The minimum atomic E-state index is -0.695. The molecule has 0 aliphatic rings. The van der Waals surface area contributed by atoms with Gasteiger partial charge in [-0.05, 0) is 32.1 Å². The van der Waals surface area contributed by atoms with E-state index in [1.54, 1.807) is 6.92 Å². The van der Waals surface area contributed by atoms with Crippen LogP contribution >= 0.6 is 0 Å². The lowest BCUT2D eigenvalue weighted by molar-refractivity contribution is -0.141. The fraction of sp³-hybridized carbons (Fsp3) is 0.762. The Morgan fingerprint density at radius 3 is 1.91 bits per heavy atom. The number of carboxylic acids is 1. The van der Waals surface area contributed by atoms with Crippen molar-refractivity contribution in [1.82, 2.24) is 0 Å². The first-order valence-electron chi connectivity index (χ1n) is 9.71. The fourth-order valence-corrected chi connectivity index (χ4v) is 2.55. The van der Waals surface area contributed by atoms with E-state index >= 15 is 0 Å². The van der Waals surface area contributed by atoms with Gasteiger partial charge < -0.3 is 5.11 Å². The summed E-state index contributed by atoms with van der Waals surface area (Å²) >= 11 is 0. The molecule has 1 atom stereocenters. The van der Waals surface area contributed by atoms with Gasteiger partial charge in [-0.25, -0.2) is 0 Å². The molecule has 0 radical (unpaired) electrons. The van der Waals surface area contributed by atoms with E-state index in [0.717, 1.165) is 19.3 Å². The van der Waals surface area contributed by atoms with Crippen LogP contribution in [0, 0.1) is 5.92 Å². The van der Waals surface area contributed by atoms with Crippen LogP contribution in [0.4, 0.5) is 0 Å². The van der Waals surface area contributed by atoms with Gasteiger partial charge in [0.05, 0.1) is 5.92 Å². The van der Waals surface area contributed by atoms with Crippen LogP contribution < -0.4 is 0 Å². The zero-order valence-corrected chi connectivity index (χ0v) is 15.4. The molecule has 1 unspecified atom stereocenters. The lowest BCUT2D eigenvalue weighted by atomic mass is 10.1. The Balaban J connectivity index is 3.27. The lowest BCUT2D eigenvalue weighted by Crippen LogP contribution is -2.08. The molecule has 0 fully saturated rings. The number of hydrogen-bond acceptors (Lipinski definition) is 1. The Labute approximate surface area is 144 Å². The first kappa shape index (κ1) is 21.9. The summed E-state index contributed by atoms with van der Waals surface area (Å²) in [7, 11) is 0. The minimum absolute atomic E-state index is 0.234. The standard InChI is InChI=1S/C21H38O2/c1-3-4-5-6-7-8-9-10-11-12-13-14-15-16-17-18-19-20(2)21(22)23/h13-14,16-17,20H,3-12,15,18-19H2,1-2H3,(H,22,23). The normalized spacial score (nSPS) is 13.1. The van der Waals surface area contributed by atoms with Gasteiger partial charge >= 0.3 is 5.97 Å². The van der Waals surface area contributed by atoms with Crippen molar-refractivity contribution in [2.45, 2.75) is 97.3 Å². The summed E-state index contributed by atoms with van der Waals surface area (Å²) in [6.07, 6.45) is 25.0. The highest BCUT2D eigenvalue weighted by atomic mass is 16.4. The molecule has 23 heavy (non-hydrogen) atoms. The molecule has 0 bridgehead atoms.